The number of nitrogens with zero attached hydrogens (tertiary/aromatic N) is 1. The molecule has 1 heterocycles. The molecule has 1 aromatic rings. The first-order valence-electron chi connectivity index (χ1n) is 5.43. The molecule has 0 bridgehead atoms. The molecule has 6 nitrogen and oxygen atoms in total. The molecule has 1 fully saturated rings. The first-order valence-corrected chi connectivity index (χ1v) is 6.87. The number of carbonyl (C=O) groups is 1. The van der Waals surface area contributed by atoms with Crippen LogP contribution in [0.1, 0.15) is 10.4 Å². The van der Waals surface area contributed by atoms with Crippen LogP contribution in [0.15, 0.2) is 29.2 Å². The molecule has 0 saturated carbocycles. The van der Waals surface area contributed by atoms with E-state index in [1.807, 2.05) is 0 Å². The molecule has 2 rings (SSSR count). The molecule has 7 heteroatoms. The fraction of sp³-hybridized carbons (Fsp3) is 0.364. The molecular weight excluding hydrogens is 258 g/mol. The van der Waals surface area contributed by atoms with Crippen molar-refractivity contribution in [2.24, 2.45) is 0 Å². The molecule has 1 aliphatic heterocycles. The number of ether oxygens (including phenoxy) is 1. The molecule has 18 heavy (non-hydrogen) atoms. The predicted molar refractivity (Wildman–Crippen MR) is 63.0 cm³/mol. The van der Waals surface area contributed by atoms with E-state index < -0.39 is 16.0 Å². The quantitative estimate of drug-likeness (QED) is 0.787. The number of carbonyl (C=O) groups excluding carboxylic acids is 1. The molecule has 1 aromatic carbocycles. The molecule has 1 aliphatic rings. The van der Waals surface area contributed by atoms with Crippen LogP contribution in [0.2, 0.25) is 0 Å². The Labute approximate surface area is 105 Å². The molecular formula is C11H13NO5S. The molecule has 1 saturated heterocycles. The number of morpholine rings is 1. The Morgan fingerprint density at radius 3 is 2.44 bits per heavy atom. The Bertz CT molecular complexity index is 548. The Kier molecular flexibility index (Phi) is 3.65. The molecule has 1 amide bonds. The summed E-state index contributed by atoms with van der Waals surface area (Å²) in [5.41, 5.74) is -0.0121. The summed E-state index contributed by atoms with van der Waals surface area (Å²) >= 11 is 0. The maximum absolute atomic E-state index is 12.2. The molecule has 0 aromatic heterocycles. The molecule has 0 spiro atoms. The van der Waals surface area contributed by atoms with Gasteiger partial charge in [-0.25, -0.2) is 0 Å². The van der Waals surface area contributed by atoms with Crippen LogP contribution in [0.3, 0.4) is 0 Å². The summed E-state index contributed by atoms with van der Waals surface area (Å²) in [4.78, 5) is 13.3. The highest BCUT2D eigenvalue weighted by Gasteiger charge is 2.24. The zero-order chi connectivity index (χ0) is 13.2. The van der Waals surface area contributed by atoms with Gasteiger partial charge in [0, 0.05) is 13.1 Å². The van der Waals surface area contributed by atoms with Gasteiger partial charge in [0.15, 0.2) is 0 Å². The van der Waals surface area contributed by atoms with Crippen molar-refractivity contribution in [3.63, 3.8) is 0 Å². The van der Waals surface area contributed by atoms with Crippen LogP contribution in [0.4, 0.5) is 0 Å². The summed E-state index contributed by atoms with van der Waals surface area (Å²) < 4.78 is 36.6. The SMILES string of the molecule is O=C(c1ccccc1S(=O)(=O)O)N1CCOCC1. The molecule has 0 unspecified atom stereocenters. The van der Waals surface area contributed by atoms with Crippen molar-refractivity contribution in [1.29, 1.82) is 0 Å². The maximum Gasteiger partial charge on any atom is 0.295 e. The van der Waals surface area contributed by atoms with E-state index in [0.29, 0.717) is 26.3 Å². The highest BCUT2D eigenvalue weighted by Crippen LogP contribution is 2.17. The topological polar surface area (TPSA) is 83.9 Å². The van der Waals surface area contributed by atoms with Crippen molar-refractivity contribution < 1.29 is 22.5 Å². The second kappa shape index (κ2) is 5.05. The van der Waals surface area contributed by atoms with E-state index in [-0.39, 0.29) is 10.5 Å². The number of benzene rings is 1. The van der Waals surface area contributed by atoms with E-state index >= 15 is 0 Å². The molecule has 0 aliphatic carbocycles. The second-order valence-corrected chi connectivity index (χ2v) is 5.27. The lowest BCUT2D eigenvalue weighted by atomic mass is 10.2. The first kappa shape index (κ1) is 13.0. The Hall–Kier alpha value is -1.44. The monoisotopic (exact) mass is 271 g/mol. The van der Waals surface area contributed by atoms with Gasteiger partial charge >= 0.3 is 0 Å². The van der Waals surface area contributed by atoms with Gasteiger partial charge in [0.1, 0.15) is 4.90 Å². The minimum absolute atomic E-state index is 0.0121. The third-order valence-electron chi connectivity index (χ3n) is 2.69. The van der Waals surface area contributed by atoms with E-state index in [9.17, 15) is 13.2 Å². The van der Waals surface area contributed by atoms with E-state index in [4.69, 9.17) is 9.29 Å². The van der Waals surface area contributed by atoms with Gasteiger partial charge in [-0.15, -0.1) is 0 Å². The highest BCUT2D eigenvalue weighted by molar-refractivity contribution is 7.86. The molecule has 98 valence electrons. The highest BCUT2D eigenvalue weighted by atomic mass is 32.2. The molecule has 1 N–H and O–H groups in total. The summed E-state index contributed by atoms with van der Waals surface area (Å²) in [6, 6.07) is 5.62. The minimum Gasteiger partial charge on any atom is -0.378 e. The molecule has 0 radical (unpaired) electrons. The van der Waals surface area contributed by atoms with Gasteiger partial charge in [-0.3, -0.25) is 9.35 Å². The van der Waals surface area contributed by atoms with Crippen LogP contribution >= 0.6 is 0 Å². The maximum atomic E-state index is 12.2. The van der Waals surface area contributed by atoms with Crippen molar-refractivity contribution in [3.8, 4) is 0 Å². The Morgan fingerprint density at radius 2 is 1.83 bits per heavy atom. The Balaban J connectivity index is 2.36. The van der Waals surface area contributed by atoms with E-state index in [2.05, 4.69) is 0 Å². The largest absolute Gasteiger partial charge is 0.378 e. The zero-order valence-electron chi connectivity index (χ0n) is 9.57. The lowest BCUT2D eigenvalue weighted by molar-refractivity contribution is 0.0300. The number of hydrogen-bond acceptors (Lipinski definition) is 4. The zero-order valence-corrected chi connectivity index (χ0v) is 10.4. The van der Waals surface area contributed by atoms with Gasteiger partial charge in [0.25, 0.3) is 16.0 Å². The van der Waals surface area contributed by atoms with E-state index in [0.717, 1.165) is 0 Å². The van der Waals surface area contributed by atoms with Gasteiger partial charge in [0.2, 0.25) is 0 Å². The summed E-state index contributed by atoms with van der Waals surface area (Å²) in [6.45, 7) is 1.69. The first-order chi connectivity index (χ1) is 8.50. The lowest BCUT2D eigenvalue weighted by Gasteiger charge is -2.27. The lowest BCUT2D eigenvalue weighted by Crippen LogP contribution is -2.41. The van der Waals surface area contributed by atoms with Gasteiger partial charge in [-0.05, 0) is 12.1 Å². The number of hydrogen-bond donors (Lipinski definition) is 1. The van der Waals surface area contributed by atoms with Gasteiger partial charge in [-0.1, -0.05) is 12.1 Å². The number of amides is 1. The predicted octanol–water partition coefficient (Wildman–Crippen LogP) is 0.406. The number of rotatable bonds is 2. The van der Waals surface area contributed by atoms with Crippen molar-refractivity contribution >= 4 is 16.0 Å². The van der Waals surface area contributed by atoms with Crippen LogP contribution < -0.4 is 0 Å². The minimum atomic E-state index is -4.40. The summed E-state index contributed by atoms with van der Waals surface area (Å²) in [5, 5.41) is 0. The second-order valence-electron chi connectivity index (χ2n) is 3.88. The van der Waals surface area contributed by atoms with E-state index in [1.54, 1.807) is 6.07 Å². The van der Waals surface area contributed by atoms with Crippen LogP contribution in [-0.2, 0) is 14.9 Å². The smallest absolute Gasteiger partial charge is 0.295 e. The Morgan fingerprint density at radius 1 is 1.22 bits per heavy atom. The van der Waals surface area contributed by atoms with Crippen molar-refractivity contribution in [2.45, 2.75) is 4.90 Å². The summed E-state index contributed by atoms with van der Waals surface area (Å²) in [7, 11) is -4.40. The van der Waals surface area contributed by atoms with Gasteiger partial charge in [0.05, 0.1) is 18.8 Å². The summed E-state index contributed by atoms with van der Waals surface area (Å²) in [5.74, 6) is -0.411. The van der Waals surface area contributed by atoms with Crippen LogP contribution in [-0.4, -0.2) is 50.1 Å². The fourth-order valence-corrected chi connectivity index (χ4v) is 2.49. The van der Waals surface area contributed by atoms with E-state index in [1.165, 1.54) is 23.1 Å². The summed E-state index contributed by atoms with van der Waals surface area (Å²) in [6.07, 6.45) is 0. The average molecular weight is 271 g/mol. The molecule has 0 atom stereocenters. The third-order valence-corrected chi connectivity index (χ3v) is 3.61. The van der Waals surface area contributed by atoms with Crippen LogP contribution in [0, 0.1) is 0 Å². The third kappa shape index (κ3) is 2.69. The average Bonchev–Trinajstić information content (AvgIpc) is 2.38. The van der Waals surface area contributed by atoms with Crippen molar-refractivity contribution in [1.82, 2.24) is 4.90 Å². The fourth-order valence-electron chi connectivity index (χ4n) is 1.81. The van der Waals surface area contributed by atoms with Gasteiger partial charge < -0.3 is 9.64 Å². The normalized spacial score (nSPS) is 16.6. The van der Waals surface area contributed by atoms with Crippen LogP contribution in [0.25, 0.3) is 0 Å². The van der Waals surface area contributed by atoms with Crippen molar-refractivity contribution in [2.75, 3.05) is 26.3 Å². The van der Waals surface area contributed by atoms with Crippen LogP contribution in [0.5, 0.6) is 0 Å². The van der Waals surface area contributed by atoms with Crippen molar-refractivity contribution in [3.05, 3.63) is 29.8 Å². The van der Waals surface area contributed by atoms with Gasteiger partial charge in [-0.2, -0.15) is 8.42 Å². The standard InChI is InChI=1S/C11H13NO5S/c13-11(12-5-7-17-8-6-12)9-3-1-2-4-10(9)18(14,15)16/h1-4H,5-8H2,(H,14,15,16).